The minimum atomic E-state index is -0.247. The van der Waals surface area contributed by atoms with Crippen LogP contribution in [0.5, 0.6) is 6.01 Å². The predicted molar refractivity (Wildman–Crippen MR) is 92.2 cm³/mol. The first kappa shape index (κ1) is 17.1. The summed E-state index contributed by atoms with van der Waals surface area (Å²) in [5.41, 5.74) is 1.69. The number of ether oxygens (including phenoxy) is 1. The zero-order valence-corrected chi connectivity index (χ0v) is 14.3. The van der Waals surface area contributed by atoms with Crippen LogP contribution >= 0.6 is 0 Å². The lowest BCUT2D eigenvalue weighted by molar-refractivity contribution is -0.123. The molecule has 3 rings (SSSR count). The van der Waals surface area contributed by atoms with Crippen molar-refractivity contribution in [1.82, 2.24) is 25.3 Å². The van der Waals surface area contributed by atoms with Gasteiger partial charge in [0, 0.05) is 31.2 Å². The third-order valence-corrected chi connectivity index (χ3v) is 3.88. The Morgan fingerprint density at radius 3 is 2.72 bits per heavy atom. The van der Waals surface area contributed by atoms with E-state index in [-0.39, 0.29) is 18.5 Å². The molecule has 0 radical (unpaired) electrons. The van der Waals surface area contributed by atoms with Gasteiger partial charge in [0.25, 0.3) is 5.91 Å². The van der Waals surface area contributed by atoms with Crippen molar-refractivity contribution in [3.8, 4) is 6.01 Å². The summed E-state index contributed by atoms with van der Waals surface area (Å²) in [4.78, 5) is 31.0. The molecule has 1 amide bonds. The van der Waals surface area contributed by atoms with Gasteiger partial charge in [0.15, 0.2) is 6.61 Å². The molecule has 0 aromatic carbocycles. The van der Waals surface area contributed by atoms with Gasteiger partial charge in [0.1, 0.15) is 0 Å². The second-order valence-corrected chi connectivity index (χ2v) is 5.95. The summed E-state index contributed by atoms with van der Waals surface area (Å²) in [6.07, 6.45) is 6.72. The average Bonchev–Trinajstić information content (AvgIpc) is 2.66. The monoisotopic (exact) mass is 342 g/mol. The highest BCUT2D eigenvalue weighted by Gasteiger charge is 2.15. The van der Waals surface area contributed by atoms with E-state index in [1.807, 2.05) is 13.0 Å². The second-order valence-electron chi connectivity index (χ2n) is 5.95. The molecular formula is C17H22N6O2. The minimum Gasteiger partial charge on any atom is -0.453 e. The SMILES string of the molecule is Cc1cc(CNC(=O)COc2ncccn2)nc(N2CCCCC2)n1. The fraction of sp³-hybridized carbons (Fsp3) is 0.471. The maximum absolute atomic E-state index is 11.9. The quantitative estimate of drug-likeness (QED) is 0.844. The maximum Gasteiger partial charge on any atom is 0.316 e. The number of hydrogen-bond donors (Lipinski definition) is 1. The number of amides is 1. The number of rotatable bonds is 6. The van der Waals surface area contributed by atoms with E-state index in [1.54, 1.807) is 18.5 Å². The van der Waals surface area contributed by atoms with Crippen molar-refractivity contribution in [3.63, 3.8) is 0 Å². The third kappa shape index (κ3) is 5.10. The van der Waals surface area contributed by atoms with Gasteiger partial charge in [-0.15, -0.1) is 0 Å². The Balaban J connectivity index is 1.53. The van der Waals surface area contributed by atoms with Gasteiger partial charge in [-0.1, -0.05) is 0 Å². The van der Waals surface area contributed by atoms with Crippen molar-refractivity contribution in [2.45, 2.75) is 32.7 Å². The highest BCUT2D eigenvalue weighted by Crippen LogP contribution is 2.16. The molecule has 2 aromatic rings. The van der Waals surface area contributed by atoms with Crippen LogP contribution in [0.15, 0.2) is 24.5 Å². The van der Waals surface area contributed by atoms with Crippen molar-refractivity contribution >= 4 is 11.9 Å². The highest BCUT2D eigenvalue weighted by molar-refractivity contribution is 5.77. The molecule has 0 spiro atoms. The van der Waals surface area contributed by atoms with E-state index < -0.39 is 0 Å². The molecule has 1 saturated heterocycles. The van der Waals surface area contributed by atoms with Crippen LogP contribution in [-0.2, 0) is 11.3 Å². The van der Waals surface area contributed by atoms with Crippen molar-refractivity contribution in [2.24, 2.45) is 0 Å². The lowest BCUT2D eigenvalue weighted by Crippen LogP contribution is -2.32. The van der Waals surface area contributed by atoms with E-state index in [0.717, 1.165) is 30.4 Å². The van der Waals surface area contributed by atoms with Crippen LogP contribution in [0.4, 0.5) is 5.95 Å². The molecule has 1 N–H and O–H groups in total. The van der Waals surface area contributed by atoms with E-state index in [1.165, 1.54) is 19.3 Å². The molecule has 0 saturated carbocycles. The molecule has 2 aromatic heterocycles. The van der Waals surface area contributed by atoms with Crippen LogP contribution in [-0.4, -0.2) is 45.5 Å². The number of anilines is 1. The van der Waals surface area contributed by atoms with Crippen LogP contribution in [0.3, 0.4) is 0 Å². The Kier molecular flexibility index (Phi) is 5.71. The van der Waals surface area contributed by atoms with E-state index in [0.29, 0.717) is 6.54 Å². The Labute approximate surface area is 146 Å². The molecule has 8 nitrogen and oxygen atoms in total. The number of nitrogens with one attached hydrogen (secondary N) is 1. The fourth-order valence-electron chi connectivity index (χ4n) is 2.67. The van der Waals surface area contributed by atoms with Gasteiger partial charge in [-0.2, -0.15) is 0 Å². The van der Waals surface area contributed by atoms with E-state index in [2.05, 4.69) is 30.2 Å². The molecule has 3 heterocycles. The highest BCUT2D eigenvalue weighted by atomic mass is 16.5. The second kappa shape index (κ2) is 8.36. The van der Waals surface area contributed by atoms with Crippen LogP contribution in [0.2, 0.25) is 0 Å². The number of nitrogens with zero attached hydrogens (tertiary/aromatic N) is 5. The van der Waals surface area contributed by atoms with E-state index in [9.17, 15) is 4.79 Å². The van der Waals surface area contributed by atoms with Gasteiger partial charge in [0.05, 0.1) is 12.2 Å². The fourth-order valence-corrected chi connectivity index (χ4v) is 2.67. The molecule has 1 aliphatic heterocycles. The molecule has 0 bridgehead atoms. The number of carbonyl (C=O) groups is 1. The molecule has 0 atom stereocenters. The molecule has 25 heavy (non-hydrogen) atoms. The van der Waals surface area contributed by atoms with Gasteiger partial charge in [-0.25, -0.2) is 19.9 Å². The van der Waals surface area contributed by atoms with Crippen LogP contribution in [0.25, 0.3) is 0 Å². The molecule has 132 valence electrons. The zero-order valence-electron chi connectivity index (χ0n) is 14.3. The summed E-state index contributed by atoms with van der Waals surface area (Å²) < 4.78 is 5.22. The summed E-state index contributed by atoms with van der Waals surface area (Å²) in [5.74, 6) is 0.501. The van der Waals surface area contributed by atoms with E-state index in [4.69, 9.17) is 4.74 Å². The Bertz CT molecular complexity index is 704. The Morgan fingerprint density at radius 2 is 1.96 bits per heavy atom. The zero-order chi connectivity index (χ0) is 17.5. The Morgan fingerprint density at radius 1 is 1.20 bits per heavy atom. The minimum absolute atomic E-state index is 0.132. The van der Waals surface area contributed by atoms with Gasteiger partial charge in [0.2, 0.25) is 5.95 Å². The predicted octanol–water partition coefficient (Wildman–Crippen LogP) is 1.26. The van der Waals surface area contributed by atoms with Crippen molar-refractivity contribution in [1.29, 1.82) is 0 Å². The first-order valence-electron chi connectivity index (χ1n) is 8.47. The topological polar surface area (TPSA) is 93.1 Å². The summed E-state index contributed by atoms with van der Waals surface area (Å²) in [6.45, 7) is 4.12. The normalized spacial score (nSPS) is 14.2. The molecule has 8 heteroatoms. The van der Waals surface area contributed by atoms with Crippen LogP contribution in [0, 0.1) is 6.92 Å². The molecule has 1 fully saturated rings. The molecule has 0 aliphatic carbocycles. The van der Waals surface area contributed by atoms with E-state index >= 15 is 0 Å². The van der Waals surface area contributed by atoms with Gasteiger partial charge < -0.3 is 15.0 Å². The summed E-state index contributed by atoms with van der Waals surface area (Å²) in [6, 6.07) is 3.75. The number of carbonyl (C=O) groups excluding carboxylic acids is 1. The van der Waals surface area contributed by atoms with Crippen molar-refractivity contribution < 1.29 is 9.53 Å². The summed E-state index contributed by atoms with van der Waals surface area (Å²) >= 11 is 0. The molecular weight excluding hydrogens is 320 g/mol. The molecule has 1 aliphatic rings. The van der Waals surface area contributed by atoms with Crippen molar-refractivity contribution in [2.75, 3.05) is 24.6 Å². The van der Waals surface area contributed by atoms with Gasteiger partial charge in [-0.3, -0.25) is 4.79 Å². The summed E-state index contributed by atoms with van der Waals surface area (Å²) in [5, 5.41) is 2.80. The number of hydrogen-bond acceptors (Lipinski definition) is 7. The summed E-state index contributed by atoms with van der Waals surface area (Å²) in [7, 11) is 0. The lowest BCUT2D eigenvalue weighted by Gasteiger charge is -2.27. The third-order valence-electron chi connectivity index (χ3n) is 3.88. The standard InChI is InChI=1S/C17H22N6O2/c1-13-10-14(22-16(21-13)23-8-3-2-4-9-23)11-20-15(24)12-25-17-18-6-5-7-19-17/h5-7,10H,2-4,8-9,11-12H2,1H3,(H,20,24). The first-order valence-corrected chi connectivity index (χ1v) is 8.47. The smallest absolute Gasteiger partial charge is 0.316 e. The Hall–Kier alpha value is -2.77. The van der Waals surface area contributed by atoms with Crippen LogP contribution < -0.4 is 15.0 Å². The largest absolute Gasteiger partial charge is 0.453 e. The number of aryl methyl sites for hydroxylation is 1. The van der Waals surface area contributed by atoms with Crippen molar-refractivity contribution in [3.05, 3.63) is 35.9 Å². The number of piperidine rings is 1. The maximum atomic E-state index is 11.9. The number of aromatic nitrogens is 4. The lowest BCUT2D eigenvalue weighted by atomic mass is 10.1. The van der Waals surface area contributed by atoms with Crippen LogP contribution in [0.1, 0.15) is 30.7 Å². The molecule has 0 unspecified atom stereocenters. The van der Waals surface area contributed by atoms with Gasteiger partial charge in [-0.05, 0) is 38.3 Å². The average molecular weight is 342 g/mol. The van der Waals surface area contributed by atoms with Gasteiger partial charge >= 0.3 is 6.01 Å². The first-order chi connectivity index (χ1) is 12.2.